The summed E-state index contributed by atoms with van der Waals surface area (Å²) in [6.07, 6.45) is 0. The molecular formula is C17H13Cl2NO. The highest BCUT2D eigenvalue weighted by atomic mass is 35.5. The topological polar surface area (TPSA) is 32.3 Å². The minimum absolute atomic E-state index is 0.0883. The van der Waals surface area contributed by atoms with Crippen LogP contribution in [0, 0.1) is 0 Å². The van der Waals surface area contributed by atoms with E-state index in [1.165, 1.54) is 10.8 Å². The first-order valence-corrected chi connectivity index (χ1v) is 7.28. The second-order valence-corrected chi connectivity index (χ2v) is 5.64. The third-order valence-electron chi connectivity index (χ3n) is 3.33. The number of hydrogen-bond acceptors (Lipinski definition) is 2. The number of phenols is 1. The van der Waals surface area contributed by atoms with Gasteiger partial charge in [-0.3, -0.25) is 0 Å². The number of anilines is 1. The molecule has 3 rings (SSSR count). The van der Waals surface area contributed by atoms with E-state index in [-0.39, 0.29) is 15.8 Å². The number of aromatic hydroxyl groups is 1. The molecule has 0 spiro atoms. The average molecular weight is 318 g/mol. The summed E-state index contributed by atoms with van der Waals surface area (Å²) >= 11 is 11.8. The number of hydrogen-bond donors (Lipinski definition) is 2. The van der Waals surface area contributed by atoms with Gasteiger partial charge in [0.1, 0.15) is 0 Å². The molecule has 0 amide bonds. The molecule has 0 aromatic heterocycles. The van der Waals surface area contributed by atoms with Crippen molar-refractivity contribution in [3.63, 3.8) is 0 Å². The molecule has 0 saturated carbocycles. The van der Waals surface area contributed by atoms with Crippen LogP contribution in [0.2, 0.25) is 10.0 Å². The van der Waals surface area contributed by atoms with Gasteiger partial charge in [-0.25, -0.2) is 0 Å². The van der Waals surface area contributed by atoms with Crippen molar-refractivity contribution < 1.29 is 5.11 Å². The second-order valence-electron chi connectivity index (χ2n) is 4.82. The van der Waals surface area contributed by atoms with Crippen LogP contribution in [0.1, 0.15) is 5.56 Å². The third kappa shape index (κ3) is 3.07. The molecule has 0 bridgehead atoms. The number of rotatable bonds is 3. The zero-order valence-electron chi connectivity index (χ0n) is 11.1. The van der Waals surface area contributed by atoms with E-state index < -0.39 is 0 Å². The number of nitrogens with one attached hydrogen (secondary N) is 1. The quantitative estimate of drug-likeness (QED) is 0.628. The minimum atomic E-state index is -0.0883. The molecule has 0 saturated heterocycles. The van der Waals surface area contributed by atoms with Crippen molar-refractivity contribution in [1.29, 1.82) is 0 Å². The number of halogens is 2. The molecule has 21 heavy (non-hydrogen) atoms. The van der Waals surface area contributed by atoms with Gasteiger partial charge in [0.15, 0.2) is 5.75 Å². The highest BCUT2D eigenvalue weighted by Gasteiger charge is 2.06. The smallest absolute Gasteiger partial charge is 0.152 e. The van der Waals surface area contributed by atoms with Crippen molar-refractivity contribution in [3.8, 4) is 5.75 Å². The van der Waals surface area contributed by atoms with Crippen molar-refractivity contribution in [1.82, 2.24) is 0 Å². The molecule has 2 N–H and O–H groups in total. The molecule has 0 heterocycles. The minimum Gasteiger partial charge on any atom is -0.505 e. The lowest BCUT2D eigenvalue weighted by Gasteiger charge is -2.09. The molecule has 106 valence electrons. The van der Waals surface area contributed by atoms with E-state index in [0.717, 1.165) is 11.3 Å². The molecule has 3 aromatic rings. The molecule has 0 fully saturated rings. The van der Waals surface area contributed by atoms with Crippen molar-refractivity contribution >= 4 is 39.7 Å². The molecule has 0 aliphatic heterocycles. The fraction of sp³-hybridized carbons (Fsp3) is 0.0588. The van der Waals surface area contributed by atoms with Gasteiger partial charge < -0.3 is 10.4 Å². The Balaban J connectivity index is 1.80. The van der Waals surface area contributed by atoms with Crippen LogP contribution in [0.25, 0.3) is 10.8 Å². The van der Waals surface area contributed by atoms with Crippen molar-refractivity contribution in [2.75, 3.05) is 5.32 Å². The third-order valence-corrected chi connectivity index (χ3v) is 3.90. The van der Waals surface area contributed by atoms with E-state index in [1.807, 2.05) is 12.1 Å². The van der Waals surface area contributed by atoms with Crippen LogP contribution in [0.4, 0.5) is 5.69 Å². The maximum atomic E-state index is 9.54. The maximum Gasteiger partial charge on any atom is 0.152 e. The van der Waals surface area contributed by atoms with Crippen LogP contribution < -0.4 is 5.32 Å². The number of phenolic OH excluding ortho intramolecular Hbond substituents is 1. The van der Waals surface area contributed by atoms with Crippen molar-refractivity contribution in [2.45, 2.75) is 6.54 Å². The Morgan fingerprint density at radius 1 is 0.857 bits per heavy atom. The van der Waals surface area contributed by atoms with Crippen LogP contribution >= 0.6 is 23.2 Å². The summed E-state index contributed by atoms with van der Waals surface area (Å²) in [7, 11) is 0. The van der Waals surface area contributed by atoms with Crippen molar-refractivity contribution in [3.05, 3.63) is 70.2 Å². The first-order valence-electron chi connectivity index (χ1n) is 6.53. The van der Waals surface area contributed by atoms with Gasteiger partial charge >= 0.3 is 0 Å². The van der Waals surface area contributed by atoms with E-state index in [4.69, 9.17) is 23.2 Å². The van der Waals surface area contributed by atoms with Crippen molar-refractivity contribution in [2.24, 2.45) is 0 Å². The zero-order chi connectivity index (χ0) is 14.8. The Hall–Kier alpha value is -1.90. The monoisotopic (exact) mass is 317 g/mol. The first-order chi connectivity index (χ1) is 10.1. The van der Waals surface area contributed by atoms with Gasteiger partial charge in [0, 0.05) is 12.2 Å². The lowest BCUT2D eigenvalue weighted by atomic mass is 10.1. The summed E-state index contributed by atoms with van der Waals surface area (Å²) in [6, 6.07) is 17.9. The highest BCUT2D eigenvalue weighted by Crippen LogP contribution is 2.34. The number of benzene rings is 3. The standard InChI is InChI=1S/C17H13Cl2NO/c18-15-8-14(9-16(19)17(15)21)20-10-11-5-6-12-3-1-2-4-13(12)7-11/h1-9,20-21H,10H2. The predicted molar refractivity (Wildman–Crippen MR) is 89.4 cm³/mol. The van der Waals surface area contributed by atoms with Gasteiger partial charge in [-0.05, 0) is 34.5 Å². The summed E-state index contributed by atoms with van der Waals surface area (Å²) in [5, 5.41) is 15.7. The van der Waals surface area contributed by atoms with Gasteiger partial charge in [-0.2, -0.15) is 0 Å². The molecule has 0 atom stereocenters. The Kier molecular flexibility index (Phi) is 3.91. The summed E-state index contributed by atoms with van der Waals surface area (Å²) in [4.78, 5) is 0. The molecule has 0 aliphatic rings. The van der Waals surface area contributed by atoms with Gasteiger partial charge in [-0.1, -0.05) is 59.6 Å². The molecule has 0 unspecified atom stereocenters. The van der Waals surface area contributed by atoms with Gasteiger partial charge in [-0.15, -0.1) is 0 Å². The Bertz CT molecular complexity index is 779. The highest BCUT2D eigenvalue weighted by molar-refractivity contribution is 6.37. The zero-order valence-corrected chi connectivity index (χ0v) is 12.6. The van der Waals surface area contributed by atoms with Gasteiger partial charge in [0.05, 0.1) is 10.0 Å². The Labute approximate surface area is 132 Å². The average Bonchev–Trinajstić information content (AvgIpc) is 2.50. The van der Waals surface area contributed by atoms with Crippen LogP contribution in [0.15, 0.2) is 54.6 Å². The Morgan fingerprint density at radius 2 is 1.52 bits per heavy atom. The fourth-order valence-electron chi connectivity index (χ4n) is 2.22. The normalized spacial score (nSPS) is 10.8. The molecule has 3 aromatic carbocycles. The second kappa shape index (κ2) is 5.84. The molecule has 0 radical (unpaired) electrons. The van der Waals surface area contributed by atoms with E-state index in [0.29, 0.717) is 6.54 Å². The maximum absolute atomic E-state index is 9.54. The van der Waals surface area contributed by atoms with Gasteiger partial charge in [0.2, 0.25) is 0 Å². The van der Waals surface area contributed by atoms with E-state index in [2.05, 4.69) is 35.6 Å². The van der Waals surface area contributed by atoms with Crippen LogP contribution in [-0.4, -0.2) is 5.11 Å². The van der Waals surface area contributed by atoms with E-state index in [9.17, 15) is 5.11 Å². The summed E-state index contributed by atoms with van der Waals surface area (Å²) in [5.41, 5.74) is 1.94. The lowest BCUT2D eigenvalue weighted by Crippen LogP contribution is -1.99. The molecule has 0 aliphatic carbocycles. The molecule has 2 nitrogen and oxygen atoms in total. The summed E-state index contributed by atoms with van der Waals surface area (Å²) in [5.74, 6) is -0.0883. The van der Waals surface area contributed by atoms with E-state index in [1.54, 1.807) is 12.1 Å². The van der Waals surface area contributed by atoms with Crippen LogP contribution in [-0.2, 0) is 6.54 Å². The summed E-state index contributed by atoms with van der Waals surface area (Å²) in [6.45, 7) is 0.655. The van der Waals surface area contributed by atoms with Crippen LogP contribution in [0.5, 0.6) is 5.75 Å². The molecular weight excluding hydrogens is 305 g/mol. The van der Waals surface area contributed by atoms with Crippen LogP contribution in [0.3, 0.4) is 0 Å². The SMILES string of the molecule is Oc1c(Cl)cc(NCc2ccc3ccccc3c2)cc1Cl. The van der Waals surface area contributed by atoms with Gasteiger partial charge in [0.25, 0.3) is 0 Å². The van der Waals surface area contributed by atoms with E-state index >= 15 is 0 Å². The Morgan fingerprint density at radius 3 is 2.24 bits per heavy atom. The molecule has 4 heteroatoms. The first kappa shape index (κ1) is 14.1. The predicted octanol–water partition coefficient (Wildman–Crippen LogP) is 5.46. The lowest BCUT2D eigenvalue weighted by molar-refractivity contribution is 0.476. The fourth-order valence-corrected chi connectivity index (χ4v) is 2.71. The summed E-state index contributed by atoms with van der Waals surface area (Å²) < 4.78 is 0. The number of fused-ring (bicyclic) bond motifs is 1. The largest absolute Gasteiger partial charge is 0.505 e.